The number of fused-ring (bicyclic) bond motifs is 1. The van der Waals surface area contributed by atoms with Gasteiger partial charge in [-0.1, -0.05) is 17.7 Å². The van der Waals surface area contributed by atoms with Crippen molar-refractivity contribution in [3.8, 4) is 11.5 Å². The van der Waals surface area contributed by atoms with Gasteiger partial charge in [-0.2, -0.15) is 0 Å². The largest absolute Gasteiger partial charge is 0.454 e. The Balaban J connectivity index is 1.44. The van der Waals surface area contributed by atoms with E-state index in [4.69, 9.17) is 9.47 Å². The lowest BCUT2D eigenvalue weighted by Gasteiger charge is -2.36. The molecular weight excluding hydrogens is 434 g/mol. The number of amides is 3. The zero-order valence-electron chi connectivity index (χ0n) is 19.8. The van der Waals surface area contributed by atoms with E-state index in [1.165, 1.54) is 0 Å². The van der Waals surface area contributed by atoms with Crippen molar-refractivity contribution in [2.45, 2.75) is 45.7 Å². The van der Waals surface area contributed by atoms with Crippen LogP contribution in [0.4, 0.5) is 0 Å². The van der Waals surface area contributed by atoms with Gasteiger partial charge in [-0.25, -0.2) is 0 Å². The molecule has 2 aliphatic rings. The maximum absolute atomic E-state index is 13.0. The second-order valence-electron chi connectivity index (χ2n) is 9.18. The predicted molar refractivity (Wildman–Crippen MR) is 127 cm³/mol. The summed E-state index contributed by atoms with van der Waals surface area (Å²) in [6, 6.07) is 11.8. The molecule has 1 unspecified atom stereocenters. The monoisotopic (exact) mass is 465 g/mol. The maximum Gasteiger partial charge on any atom is 0.253 e. The molecule has 0 spiro atoms. The Kier molecular flexibility index (Phi) is 7.05. The summed E-state index contributed by atoms with van der Waals surface area (Å²) in [6.45, 7) is 6.94. The number of likely N-dealkylation sites (tertiary alicyclic amines) is 1. The maximum atomic E-state index is 13.0. The molecule has 2 N–H and O–H groups in total. The Labute approximate surface area is 199 Å². The number of nitrogens with zero attached hydrogens (tertiary/aromatic N) is 1. The minimum absolute atomic E-state index is 0.00831. The second-order valence-corrected chi connectivity index (χ2v) is 9.18. The van der Waals surface area contributed by atoms with Crippen LogP contribution in [0, 0.1) is 12.8 Å². The van der Waals surface area contributed by atoms with Crippen LogP contribution in [0.2, 0.25) is 0 Å². The molecule has 0 aromatic heterocycles. The fourth-order valence-electron chi connectivity index (χ4n) is 4.35. The molecule has 8 nitrogen and oxygen atoms in total. The van der Waals surface area contributed by atoms with E-state index in [1.807, 2.05) is 49.9 Å². The van der Waals surface area contributed by atoms with Gasteiger partial charge in [-0.05, 0) is 69.9 Å². The summed E-state index contributed by atoms with van der Waals surface area (Å²) in [5, 5.41) is 5.86. The summed E-state index contributed by atoms with van der Waals surface area (Å²) in [5.41, 5.74) is 2.17. The molecule has 34 heavy (non-hydrogen) atoms. The third kappa shape index (κ3) is 5.32. The number of benzene rings is 2. The van der Waals surface area contributed by atoms with Gasteiger partial charge in [0.1, 0.15) is 6.04 Å². The molecule has 4 rings (SSSR count). The van der Waals surface area contributed by atoms with Crippen molar-refractivity contribution in [2.24, 2.45) is 5.92 Å². The fourth-order valence-corrected chi connectivity index (χ4v) is 4.35. The molecule has 1 fully saturated rings. The summed E-state index contributed by atoms with van der Waals surface area (Å²) >= 11 is 0. The van der Waals surface area contributed by atoms with Crippen LogP contribution in [-0.4, -0.2) is 54.6 Å². The topological polar surface area (TPSA) is 97.0 Å². The first-order chi connectivity index (χ1) is 16.3. The average Bonchev–Trinajstić information content (AvgIpc) is 3.30. The van der Waals surface area contributed by atoms with E-state index in [9.17, 15) is 14.4 Å². The molecule has 0 radical (unpaired) electrons. The van der Waals surface area contributed by atoms with Crippen molar-refractivity contribution in [2.75, 3.05) is 19.9 Å². The van der Waals surface area contributed by atoms with Crippen LogP contribution < -0.4 is 20.1 Å². The van der Waals surface area contributed by atoms with Crippen LogP contribution in [0.15, 0.2) is 42.5 Å². The summed E-state index contributed by atoms with van der Waals surface area (Å²) in [7, 11) is 0. The quantitative estimate of drug-likeness (QED) is 0.684. The molecule has 2 heterocycles. The summed E-state index contributed by atoms with van der Waals surface area (Å²) < 4.78 is 10.7. The lowest BCUT2D eigenvalue weighted by atomic mass is 9.88. The third-order valence-electron chi connectivity index (χ3n) is 6.23. The molecule has 1 saturated heterocycles. The van der Waals surface area contributed by atoms with E-state index in [2.05, 4.69) is 10.6 Å². The highest BCUT2D eigenvalue weighted by Crippen LogP contribution is 2.32. The smallest absolute Gasteiger partial charge is 0.253 e. The molecule has 0 bridgehead atoms. The number of rotatable bonds is 6. The van der Waals surface area contributed by atoms with Crippen LogP contribution in [0.5, 0.6) is 11.5 Å². The minimum Gasteiger partial charge on any atom is -0.454 e. The Hall–Kier alpha value is -3.55. The molecule has 2 aromatic rings. The van der Waals surface area contributed by atoms with Gasteiger partial charge in [-0.15, -0.1) is 0 Å². The Morgan fingerprint density at radius 2 is 1.56 bits per heavy atom. The van der Waals surface area contributed by atoms with Crippen LogP contribution in [0.1, 0.15) is 53.0 Å². The Morgan fingerprint density at radius 3 is 2.24 bits per heavy atom. The molecule has 1 atom stereocenters. The van der Waals surface area contributed by atoms with E-state index >= 15 is 0 Å². The Morgan fingerprint density at radius 1 is 0.912 bits per heavy atom. The van der Waals surface area contributed by atoms with E-state index in [0.717, 1.165) is 5.56 Å². The number of hydrogen-bond acceptors (Lipinski definition) is 5. The van der Waals surface area contributed by atoms with Crippen molar-refractivity contribution in [1.29, 1.82) is 0 Å². The van der Waals surface area contributed by atoms with Crippen LogP contribution in [-0.2, 0) is 4.79 Å². The van der Waals surface area contributed by atoms with Crippen molar-refractivity contribution < 1.29 is 23.9 Å². The highest BCUT2D eigenvalue weighted by atomic mass is 16.7. The summed E-state index contributed by atoms with van der Waals surface area (Å²) in [5.74, 6) is 0.451. The third-order valence-corrected chi connectivity index (χ3v) is 6.23. The van der Waals surface area contributed by atoms with Gasteiger partial charge >= 0.3 is 0 Å². The highest BCUT2D eigenvalue weighted by molar-refractivity contribution is 5.98. The van der Waals surface area contributed by atoms with Crippen molar-refractivity contribution in [3.05, 3.63) is 59.2 Å². The lowest BCUT2D eigenvalue weighted by molar-refractivity contribution is -0.125. The standard InChI is InChI=1S/C26H31N3O5/c1-16(2)27-25(31)23(28-24(30)20-8-9-21-22(14-20)34-15-33-21)18-10-12-29(13-11-18)26(32)19-6-4-17(3)5-7-19/h4-9,14,16,18,23H,10-13,15H2,1-3H3,(H,27,31)(H,28,30). The number of carbonyl (C=O) groups is 3. The van der Waals surface area contributed by atoms with Crippen LogP contribution in [0.3, 0.4) is 0 Å². The molecule has 8 heteroatoms. The van der Waals surface area contributed by atoms with E-state index in [-0.39, 0.29) is 36.5 Å². The average molecular weight is 466 g/mol. The van der Waals surface area contributed by atoms with Crippen LogP contribution in [0.25, 0.3) is 0 Å². The van der Waals surface area contributed by atoms with E-state index < -0.39 is 6.04 Å². The number of hydrogen-bond donors (Lipinski definition) is 2. The second kappa shape index (κ2) is 10.2. The first-order valence-corrected chi connectivity index (χ1v) is 11.7. The number of aryl methyl sites for hydroxylation is 1. The number of carbonyl (C=O) groups excluding carboxylic acids is 3. The van der Waals surface area contributed by atoms with Gasteiger partial charge in [0.15, 0.2) is 11.5 Å². The van der Waals surface area contributed by atoms with Gasteiger partial charge in [0.2, 0.25) is 12.7 Å². The van der Waals surface area contributed by atoms with Gasteiger partial charge in [0.25, 0.3) is 11.8 Å². The van der Waals surface area contributed by atoms with E-state index in [1.54, 1.807) is 18.2 Å². The lowest BCUT2D eigenvalue weighted by Crippen LogP contribution is -2.54. The zero-order chi connectivity index (χ0) is 24.2. The van der Waals surface area contributed by atoms with Crippen LogP contribution >= 0.6 is 0 Å². The molecule has 180 valence electrons. The summed E-state index contributed by atoms with van der Waals surface area (Å²) in [4.78, 5) is 40.7. The van der Waals surface area contributed by atoms with Crippen molar-refractivity contribution in [1.82, 2.24) is 15.5 Å². The van der Waals surface area contributed by atoms with Gasteiger partial charge in [-0.3, -0.25) is 14.4 Å². The molecular formula is C26H31N3O5. The number of nitrogens with one attached hydrogen (secondary N) is 2. The Bertz CT molecular complexity index is 1060. The van der Waals surface area contributed by atoms with Crippen molar-refractivity contribution >= 4 is 17.7 Å². The fraction of sp³-hybridized carbons (Fsp3) is 0.423. The normalized spacial score (nSPS) is 16.3. The molecule has 3 amide bonds. The van der Waals surface area contributed by atoms with Gasteiger partial charge in [0, 0.05) is 30.3 Å². The van der Waals surface area contributed by atoms with Gasteiger partial charge in [0.05, 0.1) is 0 Å². The SMILES string of the molecule is Cc1ccc(C(=O)N2CCC(C(NC(=O)c3ccc4c(c3)OCO4)C(=O)NC(C)C)CC2)cc1. The highest BCUT2D eigenvalue weighted by Gasteiger charge is 2.34. The predicted octanol–water partition coefficient (Wildman–Crippen LogP) is 2.90. The summed E-state index contributed by atoms with van der Waals surface area (Å²) in [6.07, 6.45) is 1.24. The number of ether oxygens (including phenoxy) is 2. The number of piperidine rings is 1. The minimum atomic E-state index is -0.697. The first-order valence-electron chi connectivity index (χ1n) is 11.7. The first kappa shape index (κ1) is 23.6. The van der Waals surface area contributed by atoms with Gasteiger partial charge < -0.3 is 25.0 Å². The van der Waals surface area contributed by atoms with Crippen molar-refractivity contribution in [3.63, 3.8) is 0 Å². The molecule has 0 aliphatic carbocycles. The molecule has 2 aromatic carbocycles. The van der Waals surface area contributed by atoms with E-state index in [0.29, 0.717) is 48.6 Å². The molecule has 2 aliphatic heterocycles. The zero-order valence-corrected chi connectivity index (χ0v) is 19.8. The molecule has 0 saturated carbocycles.